The monoisotopic (exact) mass is 220 g/mol. The number of hydrogen-bond acceptors (Lipinski definition) is 0. The highest BCUT2D eigenvalue weighted by Gasteiger charge is 2.07. The Labute approximate surface area is 90.8 Å². The van der Waals surface area contributed by atoms with Gasteiger partial charge in [-0.2, -0.15) is 0 Å². The topological polar surface area (TPSA) is 0 Å². The van der Waals surface area contributed by atoms with E-state index in [1.807, 2.05) is 12.2 Å². The van der Waals surface area contributed by atoms with Crippen LogP contribution in [0.5, 0.6) is 0 Å². The van der Waals surface area contributed by atoms with Gasteiger partial charge in [0.05, 0.1) is 0 Å². The van der Waals surface area contributed by atoms with Crippen LogP contribution in [0.15, 0.2) is 12.2 Å². The van der Waals surface area contributed by atoms with Crippen molar-refractivity contribution >= 4 is 16.1 Å². The molecule has 0 N–H and O–H groups in total. The summed E-state index contributed by atoms with van der Waals surface area (Å²) in [7, 11) is -2.41. The van der Waals surface area contributed by atoms with Crippen LogP contribution in [-0.2, 0) is 0 Å². The fourth-order valence-electron chi connectivity index (χ4n) is 0.600. The first-order valence-electron chi connectivity index (χ1n) is 4.91. The molecule has 0 aliphatic heterocycles. The molecule has 0 heterocycles. The maximum atomic E-state index is 3.27. The van der Waals surface area contributed by atoms with E-state index in [0.29, 0.717) is 0 Å². The molecule has 0 unspecified atom stereocenters. The normalized spacial score (nSPS) is 11.6. The highest BCUT2D eigenvalue weighted by Crippen LogP contribution is 1.96. The van der Waals surface area contributed by atoms with Crippen LogP contribution >= 0.6 is 0 Å². The molecule has 0 aliphatic carbocycles. The van der Waals surface area contributed by atoms with Gasteiger partial charge >= 0.3 is 0 Å². The lowest BCUT2D eigenvalue weighted by Crippen LogP contribution is -2.16. The van der Waals surface area contributed by atoms with Crippen molar-refractivity contribution in [3.63, 3.8) is 0 Å². The summed E-state index contributed by atoms with van der Waals surface area (Å²) in [6.45, 7) is 13.4. The van der Waals surface area contributed by atoms with Crippen LogP contribution in [0, 0.1) is 22.9 Å². The zero-order valence-electron chi connectivity index (χ0n) is 10.2. The van der Waals surface area contributed by atoms with Gasteiger partial charge in [-0.1, -0.05) is 51.1 Å². The summed E-state index contributed by atoms with van der Waals surface area (Å²) in [5.74, 6) is 6.11. The molecule has 76 valence electrons. The molecule has 0 aromatic carbocycles. The Hall–Kier alpha value is -0.706. The van der Waals surface area contributed by atoms with Crippen LogP contribution in [0.4, 0.5) is 0 Å². The number of allylic oxidation sites excluding steroid dienone is 2. The lowest BCUT2D eigenvalue weighted by molar-refractivity contribution is 1.81. The summed E-state index contributed by atoms with van der Waals surface area (Å²) in [5.41, 5.74) is 6.53. The summed E-state index contributed by atoms with van der Waals surface area (Å²) in [5, 5.41) is 0. The second-order valence-electron chi connectivity index (χ2n) is 5.37. The predicted octanol–water partition coefficient (Wildman–Crippen LogP) is 3.30. The summed E-state index contributed by atoms with van der Waals surface area (Å²) in [6.07, 6.45) is 3.73. The summed E-state index contributed by atoms with van der Waals surface area (Å²) < 4.78 is 0. The fourth-order valence-corrected chi connectivity index (χ4v) is 1.63. The van der Waals surface area contributed by atoms with Gasteiger partial charge in [-0.15, -0.1) is 11.1 Å². The zero-order chi connectivity index (χ0) is 11.2. The maximum Gasteiger partial charge on any atom is 0.129 e. The molecule has 0 amide bonds. The average Bonchev–Trinajstić information content (AvgIpc) is 1.92. The third-order valence-corrected chi connectivity index (χ3v) is 2.93. The van der Waals surface area contributed by atoms with Gasteiger partial charge in [0.1, 0.15) is 16.1 Å². The Kier molecular flexibility index (Phi) is 4.98. The molecule has 0 atom stereocenters. The third-order valence-electron chi connectivity index (χ3n) is 1.14. The van der Waals surface area contributed by atoms with E-state index in [9.17, 15) is 0 Å². The lowest BCUT2D eigenvalue weighted by Gasteiger charge is -2.02. The fraction of sp³-hybridized carbons (Fsp3) is 0.500. The van der Waals surface area contributed by atoms with Crippen molar-refractivity contribution in [2.75, 3.05) is 0 Å². The third kappa shape index (κ3) is 11.3. The molecule has 0 fully saturated rings. The van der Waals surface area contributed by atoms with E-state index in [1.54, 1.807) is 0 Å². The van der Waals surface area contributed by atoms with Crippen molar-refractivity contribution < 1.29 is 0 Å². The molecule has 0 aromatic heterocycles. The van der Waals surface area contributed by atoms with E-state index in [2.05, 4.69) is 62.2 Å². The highest BCUT2D eigenvalue weighted by molar-refractivity contribution is 6.84. The van der Waals surface area contributed by atoms with Crippen LogP contribution in [0.2, 0.25) is 39.3 Å². The van der Waals surface area contributed by atoms with Gasteiger partial charge in [0.25, 0.3) is 0 Å². The van der Waals surface area contributed by atoms with Crippen molar-refractivity contribution in [1.29, 1.82) is 0 Å². The van der Waals surface area contributed by atoms with E-state index in [0.717, 1.165) is 0 Å². The van der Waals surface area contributed by atoms with Crippen molar-refractivity contribution in [3.8, 4) is 22.9 Å². The number of rotatable bonds is 0. The second-order valence-corrected chi connectivity index (χ2v) is 14.9. The van der Waals surface area contributed by atoms with Gasteiger partial charge in [-0.05, 0) is 12.2 Å². The van der Waals surface area contributed by atoms with Gasteiger partial charge in [0, 0.05) is 0 Å². The standard InChI is InChI=1S/C12H20Si2/c1-13(2,3)11-9-7-8-10-12-14(4,5)6/h7-8H,1-6H3. The Morgan fingerprint density at radius 2 is 0.929 bits per heavy atom. The van der Waals surface area contributed by atoms with Crippen LogP contribution in [-0.4, -0.2) is 16.1 Å². The van der Waals surface area contributed by atoms with Crippen molar-refractivity contribution in [3.05, 3.63) is 12.2 Å². The summed E-state index contributed by atoms with van der Waals surface area (Å²) in [6, 6.07) is 0. The molecule has 0 spiro atoms. The molecule has 0 bridgehead atoms. The van der Waals surface area contributed by atoms with Crippen molar-refractivity contribution in [1.82, 2.24) is 0 Å². The molecule has 0 aliphatic rings. The average molecular weight is 220 g/mol. The van der Waals surface area contributed by atoms with Gasteiger partial charge in [0.15, 0.2) is 0 Å². The molecule has 0 nitrogen and oxygen atoms in total. The minimum atomic E-state index is -1.21. The SMILES string of the molecule is C[Si](C)(C)C#CC=CC#C[Si](C)(C)C. The zero-order valence-corrected chi connectivity index (χ0v) is 12.2. The largest absolute Gasteiger partial charge is 0.129 e. The quantitative estimate of drug-likeness (QED) is 0.434. The van der Waals surface area contributed by atoms with E-state index in [1.165, 1.54) is 0 Å². The van der Waals surface area contributed by atoms with Crippen molar-refractivity contribution in [2.24, 2.45) is 0 Å². The van der Waals surface area contributed by atoms with Crippen LogP contribution in [0.25, 0.3) is 0 Å². The first-order chi connectivity index (χ1) is 6.21. The summed E-state index contributed by atoms with van der Waals surface area (Å²) in [4.78, 5) is 0. The molecule has 14 heavy (non-hydrogen) atoms. The van der Waals surface area contributed by atoms with Crippen LogP contribution < -0.4 is 0 Å². The van der Waals surface area contributed by atoms with Gasteiger partial charge < -0.3 is 0 Å². The molecule has 0 aromatic rings. The molecule has 2 heteroatoms. The van der Waals surface area contributed by atoms with Crippen LogP contribution in [0.3, 0.4) is 0 Å². The number of hydrogen-bond donors (Lipinski definition) is 0. The van der Waals surface area contributed by atoms with E-state index >= 15 is 0 Å². The maximum absolute atomic E-state index is 3.27. The van der Waals surface area contributed by atoms with E-state index < -0.39 is 16.1 Å². The van der Waals surface area contributed by atoms with E-state index in [4.69, 9.17) is 0 Å². The lowest BCUT2D eigenvalue weighted by atomic mass is 10.5. The second kappa shape index (κ2) is 5.24. The minimum Gasteiger partial charge on any atom is -0.127 e. The predicted molar refractivity (Wildman–Crippen MR) is 71.4 cm³/mol. The van der Waals surface area contributed by atoms with Crippen LogP contribution in [0.1, 0.15) is 0 Å². The molecule has 0 rings (SSSR count). The van der Waals surface area contributed by atoms with Gasteiger partial charge in [-0.25, -0.2) is 0 Å². The molecular formula is C12H20Si2. The molecule has 0 saturated carbocycles. The smallest absolute Gasteiger partial charge is 0.127 e. The molecule has 0 radical (unpaired) electrons. The minimum absolute atomic E-state index is 1.21. The summed E-state index contributed by atoms with van der Waals surface area (Å²) >= 11 is 0. The Balaban J connectivity index is 4.20. The highest BCUT2D eigenvalue weighted by atomic mass is 28.3. The van der Waals surface area contributed by atoms with Gasteiger partial charge in [-0.3, -0.25) is 0 Å². The molecular weight excluding hydrogens is 200 g/mol. The first kappa shape index (κ1) is 13.3. The van der Waals surface area contributed by atoms with Gasteiger partial charge in [0.2, 0.25) is 0 Å². The Morgan fingerprint density at radius 1 is 0.643 bits per heavy atom. The van der Waals surface area contributed by atoms with Crippen molar-refractivity contribution in [2.45, 2.75) is 39.3 Å². The molecule has 0 saturated heterocycles. The first-order valence-corrected chi connectivity index (χ1v) is 11.9. The van der Waals surface area contributed by atoms with E-state index in [-0.39, 0.29) is 0 Å². The Morgan fingerprint density at radius 3 is 1.14 bits per heavy atom. The Bertz CT molecular complexity index is 282.